The molecule has 3 aliphatic heterocycles. The van der Waals surface area contributed by atoms with E-state index in [1.807, 2.05) is 0 Å². The molecule has 16 heavy (non-hydrogen) atoms. The van der Waals surface area contributed by atoms with Crippen LogP contribution in [0.1, 0.15) is 20.3 Å². The summed E-state index contributed by atoms with van der Waals surface area (Å²) in [6.07, 6.45) is -0.959. The molecule has 0 aromatic heterocycles. The molecule has 3 heterocycles. The van der Waals surface area contributed by atoms with E-state index in [0.717, 1.165) is 0 Å². The third-order valence-corrected chi connectivity index (χ3v) is 3.39. The molecule has 3 fully saturated rings. The Morgan fingerprint density at radius 3 is 2.81 bits per heavy atom. The highest BCUT2D eigenvalue weighted by molar-refractivity contribution is 6.30. The molecule has 0 amide bonds. The molecule has 90 valence electrons. The van der Waals surface area contributed by atoms with Gasteiger partial charge in [-0.05, 0) is 13.8 Å². The van der Waals surface area contributed by atoms with Gasteiger partial charge in [0.2, 0.25) is 0 Å². The van der Waals surface area contributed by atoms with E-state index in [1.54, 1.807) is 13.8 Å². The molecule has 0 N–H and O–H groups in total. The molecule has 0 unspecified atom stereocenters. The number of ether oxygens (including phenoxy) is 4. The molecule has 0 aromatic carbocycles. The van der Waals surface area contributed by atoms with Crippen molar-refractivity contribution < 1.29 is 23.7 Å². The summed E-state index contributed by atoms with van der Waals surface area (Å²) in [7, 11) is 0. The molecule has 3 rings (SSSR count). The number of halogens is 1. The second kappa shape index (κ2) is 3.32. The van der Waals surface area contributed by atoms with Gasteiger partial charge in [0.15, 0.2) is 24.3 Å². The van der Waals surface area contributed by atoms with E-state index in [-0.39, 0.29) is 12.2 Å². The van der Waals surface area contributed by atoms with Crippen molar-refractivity contribution in [3.63, 3.8) is 0 Å². The number of fused-ring (bicyclic) bond motifs is 3. The maximum atomic E-state index is 11.4. The molecule has 0 spiro atoms. The van der Waals surface area contributed by atoms with Gasteiger partial charge in [-0.1, -0.05) is 0 Å². The van der Waals surface area contributed by atoms with Crippen molar-refractivity contribution in [1.82, 2.24) is 0 Å². The van der Waals surface area contributed by atoms with Gasteiger partial charge in [0.1, 0.15) is 11.5 Å². The molecule has 0 radical (unpaired) electrons. The average molecular weight is 249 g/mol. The maximum Gasteiger partial charge on any atom is 0.324 e. The number of hydrogen-bond acceptors (Lipinski definition) is 5. The van der Waals surface area contributed by atoms with Gasteiger partial charge in [0, 0.05) is 6.42 Å². The second-order valence-electron chi connectivity index (χ2n) is 4.75. The highest BCUT2D eigenvalue weighted by atomic mass is 35.5. The molecule has 0 bridgehead atoms. The summed E-state index contributed by atoms with van der Waals surface area (Å²) in [5, 5.41) is -0.631. The number of rotatable bonds is 0. The smallest absolute Gasteiger partial charge is 0.324 e. The van der Waals surface area contributed by atoms with Gasteiger partial charge in [-0.15, -0.1) is 11.6 Å². The van der Waals surface area contributed by atoms with Crippen LogP contribution in [-0.4, -0.2) is 41.7 Å². The summed E-state index contributed by atoms with van der Waals surface area (Å²) < 4.78 is 22.1. The van der Waals surface area contributed by atoms with Gasteiger partial charge < -0.3 is 18.9 Å². The van der Waals surface area contributed by atoms with Crippen molar-refractivity contribution in [2.24, 2.45) is 0 Å². The van der Waals surface area contributed by atoms with Gasteiger partial charge in [0.05, 0.1) is 0 Å². The van der Waals surface area contributed by atoms with Crippen LogP contribution < -0.4 is 0 Å². The van der Waals surface area contributed by atoms with Crippen LogP contribution in [0.15, 0.2) is 0 Å². The topological polar surface area (TPSA) is 54.0 Å². The molecule has 0 saturated carbocycles. The molecule has 3 aliphatic rings. The van der Waals surface area contributed by atoms with Crippen molar-refractivity contribution in [2.45, 2.75) is 56.0 Å². The Hall–Kier alpha value is -0.360. The van der Waals surface area contributed by atoms with Gasteiger partial charge in [-0.3, -0.25) is 4.79 Å². The van der Waals surface area contributed by atoms with E-state index in [1.165, 1.54) is 0 Å². The molecule has 5 nitrogen and oxygen atoms in total. The van der Waals surface area contributed by atoms with E-state index in [4.69, 9.17) is 30.5 Å². The lowest BCUT2D eigenvalue weighted by Crippen LogP contribution is -2.45. The lowest BCUT2D eigenvalue weighted by molar-refractivity contribution is -0.224. The normalized spacial score (nSPS) is 49.7. The number of carbonyl (C=O) groups excluding carboxylic acids is 1. The van der Waals surface area contributed by atoms with E-state index in [2.05, 4.69) is 0 Å². The number of hydrogen-bond donors (Lipinski definition) is 0. The van der Waals surface area contributed by atoms with Crippen LogP contribution in [0.2, 0.25) is 0 Å². The van der Waals surface area contributed by atoms with Gasteiger partial charge >= 0.3 is 5.97 Å². The lowest BCUT2D eigenvalue weighted by atomic mass is 10.0. The first kappa shape index (κ1) is 10.8. The van der Waals surface area contributed by atoms with Crippen LogP contribution >= 0.6 is 11.6 Å². The van der Waals surface area contributed by atoms with E-state index < -0.39 is 29.5 Å². The minimum atomic E-state index is -0.690. The first-order valence-corrected chi connectivity index (χ1v) is 5.75. The highest BCUT2D eigenvalue weighted by Crippen LogP contribution is 2.42. The predicted molar refractivity (Wildman–Crippen MR) is 52.8 cm³/mol. The molecular formula is C10H13ClO5. The predicted octanol–water partition coefficient (Wildman–Crippen LogP) is 0.786. The first-order chi connectivity index (χ1) is 7.46. The Balaban J connectivity index is 1.79. The van der Waals surface area contributed by atoms with Crippen molar-refractivity contribution in [3.05, 3.63) is 0 Å². The molecule has 5 atom stereocenters. The largest absolute Gasteiger partial charge is 0.455 e. The summed E-state index contributed by atoms with van der Waals surface area (Å²) in [4.78, 5) is 11.4. The van der Waals surface area contributed by atoms with Crippen LogP contribution in [0.5, 0.6) is 0 Å². The quantitative estimate of drug-likeness (QED) is 0.469. The number of alkyl halides is 1. The minimum Gasteiger partial charge on any atom is -0.455 e. The van der Waals surface area contributed by atoms with Crippen LogP contribution in [0.4, 0.5) is 0 Å². The van der Waals surface area contributed by atoms with Crippen LogP contribution in [0.25, 0.3) is 0 Å². The number of esters is 1. The fraction of sp³-hybridized carbons (Fsp3) is 0.900. The highest BCUT2D eigenvalue weighted by Gasteiger charge is 2.58. The summed E-state index contributed by atoms with van der Waals surface area (Å²) in [5.74, 6) is -1.09. The van der Waals surface area contributed by atoms with Crippen LogP contribution in [0, 0.1) is 0 Å². The summed E-state index contributed by atoms with van der Waals surface area (Å²) in [5.41, 5.74) is 0. The lowest BCUT2D eigenvalue weighted by Gasteiger charge is -2.30. The summed E-state index contributed by atoms with van der Waals surface area (Å²) in [6.45, 7) is 3.61. The van der Waals surface area contributed by atoms with Gasteiger partial charge in [-0.2, -0.15) is 0 Å². The monoisotopic (exact) mass is 248 g/mol. The SMILES string of the molecule is CC1(C)O[C@@H]2O[C@@H]3C[C@H](Cl)C(=O)O[C@H]3[C@@H]2O1. The number of carbonyl (C=O) groups is 1. The van der Waals surface area contributed by atoms with Crippen molar-refractivity contribution >= 4 is 17.6 Å². The van der Waals surface area contributed by atoms with Gasteiger partial charge in [0.25, 0.3) is 0 Å². The van der Waals surface area contributed by atoms with E-state index >= 15 is 0 Å². The zero-order valence-electron chi connectivity index (χ0n) is 9.01. The average Bonchev–Trinajstić information content (AvgIpc) is 2.60. The zero-order chi connectivity index (χ0) is 11.5. The van der Waals surface area contributed by atoms with Crippen molar-refractivity contribution in [3.8, 4) is 0 Å². The first-order valence-electron chi connectivity index (χ1n) is 5.32. The van der Waals surface area contributed by atoms with Gasteiger partial charge in [-0.25, -0.2) is 0 Å². The maximum absolute atomic E-state index is 11.4. The van der Waals surface area contributed by atoms with E-state index in [9.17, 15) is 4.79 Å². The fourth-order valence-corrected chi connectivity index (χ4v) is 2.61. The Bertz CT molecular complexity index is 331. The standard InChI is InChI=1S/C10H13ClO5/c1-10(2)15-7-6-5(13-9(7)16-10)3-4(11)8(12)14-6/h4-7,9H,3H2,1-2H3/t4-,5+,6+,7-,9-/m0/s1. The Morgan fingerprint density at radius 1 is 1.31 bits per heavy atom. The Labute approximate surface area is 97.9 Å². The summed E-state index contributed by atoms with van der Waals surface area (Å²) in [6, 6.07) is 0. The van der Waals surface area contributed by atoms with E-state index in [0.29, 0.717) is 6.42 Å². The fourth-order valence-electron chi connectivity index (χ4n) is 2.39. The molecular weight excluding hydrogens is 236 g/mol. The van der Waals surface area contributed by atoms with Crippen LogP contribution in [0.3, 0.4) is 0 Å². The molecule has 0 aliphatic carbocycles. The minimum absolute atomic E-state index is 0.216. The Kier molecular flexibility index (Phi) is 2.24. The Morgan fingerprint density at radius 2 is 2.06 bits per heavy atom. The van der Waals surface area contributed by atoms with Crippen molar-refractivity contribution in [2.75, 3.05) is 0 Å². The third kappa shape index (κ3) is 1.54. The summed E-state index contributed by atoms with van der Waals surface area (Å²) >= 11 is 5.81. The second-order valence-corrected chi connectivity index (χ2v) is 5.27. The molecule has 3 saturated heterocycles. The van der Waals surface area contributed by atoms with Crippen LogP contribution in [-0.2, 0) is 23.7 Å². The zero-order valence-corrected chi connectivity index (χ0v) is 9.77. The molecule has 0 aromatic rings. The third-order valence-electron chi connectivity index (χ3n) is 3.03. The molecule has 6 heteroatoms. The van der Waals surface area contributed by atoms with Crippen molar-refractivity contribution in [1.29, 1.82) is 0 Å².